The number of ether oxygens (including phenoxy) is 4. The summed E-state index contributed by atoms with van der Waals surface area (Å²) in [6, 6.07) is 36.4. The van der Waals surface area contributed by atoms with Crippen LogP contribution in [0.4, 0.5) is 65.2 Å². The van der Waals surface area contributed by atoms with Gasteiger partial charge in [0, 0.05) is 41.9 Å². The van der Waals surface area contributed by atoms with Gasteiger partial charge in [-0.3, -0.25) is 0 Å². The summed E-state index contributed by atoms with van der Waals surface area (Å²) in [6.45, 7) is 2.29. The number of anilines is 6. The molecule has 0 atom stereocenters. The highest BCUT2D eigenvalue weighted by Crippen LogP contribution is 2.38. The fourth-order valence-corrected chi connectivity index (χ4v) is 7.67. The molecule has 0 bridgehead atoms. The van der Waals surface area contributed by atoms with Crippen molar-refractivity contribution in [2.24, 2.45) is 0 Å². The first-order chi connectivity index (χ1) is 39.2. The molecule has 420 valence electrons. The fourth-order valence-electron chi connectivity index (χ4n) is 7.67. The van der Waals surface area contributed by atoms with Gasteiger partial charge in [-0.1, -0.05) is 42.5 Å². The second-order valence-electron chi connectivity index (χ2n) is 16.8. The fraction of sp³-hybridized carbons (Fsp3) is 0.0847. The third-order valence-corrected chi connectivity index (χ3v) is 11.4. The maximum absolute atomic E-state index is 14.6. The number of benzene rings is 6. The first-order valence-corrected chi connectivity index (χ1v) is 24.0. The van der Waals surface area contributed by atoms with E-state index in [9.17, 15) is 55.3 Å². The summed E-state index contributed by atoms with van der Waals surface area (Å²) in [7, 11) is 2.97. The highest BCUT2D eigenvalue weighted by molar-refractivity contribution is 5.95. The molecule has 82 heavy (non-hydrogen) atoms. The predicted octanol–water partition coefficient (Wildman–Crippen LogP) is 14.4. The van der Waals surface area contributed by atoms with Gasteiger partial charge in [0.15, 0.2) is 5.75 Å². The summed E-state index contributed by atoms with van der Waals surface area (Å²) in [6.07, 6.45) is -0.906. The molecule has 0 aliphatic rings. The van der Waals surface area contributed by atoms with E-state index in [1.165, 1.54) is 81.3 Å². The third-order valence-electron chi connectivity index (χ3n) is 11.4. The van der Waals surface area contributed by atoms with Crippen molar-refractivity contribution in [3.05, 3.63) is 210 Å². The zero-order chi connectivity index (χ0) is 59.1. The first-order valence-electron chi connectivity index (χ1n) is 24.0. The molecule has 6 aromatic carbocycles. The van der Waals surface area contributed by atoms with Crippen LogP contribution >= 0.6 is 0 Å². The SMILES string of the molecule is CCOc1cccc(-c2cc(F)c(Nc3ncccc3C(=O)O)cc2F)c1.COc1cccc(-c2cc(F)c(Nc3ncccc3C(=O)O)cc2F)c1.COc1cccc(-c2ccc(Nc3ncccc3C(=O)O)c(OC(F)(F)F)c2)c1. The van der Waals surface area contributed by atoms with Crippen molar-refractivity contribution in [2.45, 2.75) is 13.3 Å². The average molecular weight is 1130 g/mol. The number of carboxylic acids is 3. The minimum atomic E-state index is -4.94. The molecule has 0 spiro atoms. The molecule has 6 N–H and O–H groups in total. The van der Waals surface area contributed by atoms with Crippen LogP contribution in [-0.4, -0.2) is 75.4 Å². The van der Waals surface area contributed by atoms with E-state index < -0.39 is 53.3 Å². The van der Waals surface area contributed by atoms with Gasteiger partial charge >= 0.3 is 24.3 Å². The number of hydrogen-bond donors (Lipinski definition) is 6. The standard InChI is InChI=1S/C20H15F3N2O4.C20H16F2N2O3.C19H14F2N2O3/c1-28-14-5-2-4-12(10-14)13-7-8-16(17(11-13)29-20(21,22)23)25-18-15(19(26)27)6-3-9-24-18;1-2-27-13-6-3-5-12(9-13)15-10-17(22)18(11-16(15)21)24-19-14(20(25)26)7-4-8-23-19;1-26-12-5-2-4-11(8-12)14-9-16(21)17(10-15(14)20)23-18-13(19(24)25)6-3-7-22-18/h2-11H,1H3,(H,24,25)(H,26,27);3-11H,2H2,1H3,(H,23,24)(H,25,26);2-10H,1H3,(H,22,23)(H,24,25). The van der Waals surface area contributed by atoms with Gasteiger partial charge in [-0.25, -0.2) is 46.9 Å². The van der Waals surface area contributed by atoms with Crippen LogP contribution in [0.3, 0.4) is 0 Å². The van der Waals surface area contributed by atoms with Gasteiger partial charge in [-0.05, 0) is 126 Å². The first kappa shape index (κ1) is 59.0. The molecule has 3 heterocycles. The number of rotatable bonds is 17. The van der Waals surface area contributed by atoms with E-state index in [-0.39, 0.29) is 62.3 Å². The van der Waals surface area contributed by atoms with Crippen molar-refractivity contribution in [3.8, 4) is 56.4 Å². The molecule has 16 nitrogen and oxygen atoms in total. The van der Waals surface area contributed by atoms with Gasteiger partial charge in [0.1, 0.15) is 74.7 Å². The Balaban J connectivity index is 0.000000177. The Bertz CT molecular complexity index is 3780. The van der Waals surface area contributed by atoms with Crippen molar-refractivity contribution in [1.82, 2.24) is 15.0 Å². The number of aromatic nitrogens is 3. The van der Waals surface area contributed by atoms with E-state index in [0.29, 0.717) is 46.1 Å². The van der Waals surface area contributed by atoms with E-state index in [2.05, 4.69) is 35.6 Å². The van der Waals surface area contributed by atoms with Crippen LogP contribution in [0, 0.1) is 23.3 Å². The lowest BCUT2D eigenvalue weighted by Crippen LogP contribution is -2.18. The average Bonchev–Trinajstić information content (AvgIpc) is 3.65. The maximum Gasteiger partial charge on any atom is 0.573 e. The van der Waals surface area contributed by atoms with E-state index in [0.717, 1.165) is 24.3 Å². The van der Waals surface area contributed by atoms with Crippen LogP contribution in [0.2, 0.25) is 0 Å². The van der Waals surface area contributed by atoms with E-state index in [4.69, 9.17) is 19.3 Å². The summed E-state index contributed by atoms with van der Waals surface area (Å²) >= 11 is 0. The molecule has 0 amide bonds. The quantitative estimate of drug-likeness (QED) is 0.0466. The second-order valence-corrected chi connectivity index (χ2v) is 16.8. The van der Waals surface area contributed by atoms with Gasteiger partial charge in [0.05, 0.1) is 37.9 Å². The van der Waals surface area contributed by atoms with Crippen LogP contribution in [0.15, 0.2) is 170 Å². The number of halogens is 7. The smallest absolute Gasteiger partial charge is 0.497 e. The molecule has 23 heteroatoms. The second kappa shape index (κ2) is 26.8. The lowest BCUT2D eigenvalue weighted by Gasteiger charge is -2.16. The molecule has 0 aliphatic heterocycles. The van der Waals surface area contributed by atoms with Crippen LogP contribution < -0.4 is 34.9 Å². The molecule has 0 radical (unpaired) electrons. The van der Waals surface area contributed by atoms with Crippen LogP contribution in [-0.2, 0) is 0 Å². The minimum Gasteiger partial charge on any atom is -0.497 e. The largest absolute Gasteiger partial charge is 0.573 e. The Labute approximate surface area is 462 Å². The number of methoxy groups -OCH3 is 2. The number of carbonyl (C=O) groups is 3. The number of nitrogens with zero attached hydrogens (tertiary/aromatic N) is 3. The van der Waals surface area contributed by atoms with Gasteiger partial charge in [-0.15, -0.1) is 13.2 Å². The summed E-state index contributed by atoms with van der Waals surface area (Å²) < 4.78 is 117. The third kappa shape index (κ3) is 15.3. The van der Waals surface area contributed by atoms with E-state index >= 15 is 0 Å². The van der Waals surface area contributed by atoms with Crippen molar-refractivity contribution in [1.29, 1.82) is 0 Å². The molecular formula is C59H45F7N6O10. The Kier molecular flexibility index (Phi) is 19.2. The molecule has 9 aromatic rings. The summed E-state index contributed by atoms with van der Waals surface area (Å²) in [5, 5.41) is 35.2. The summed E-state index contributed by atoms with van der Waals surface area (Å²) in [5.41, 5.74) is 1.12. The lowest BCUT2D eigenvalue weighted by atomic mass is 10.0. The molecular weight excluding hydrogens is 1090 g/mol. The lowest BCUT2D eigenvalue weighted by molar-refractivity contribution is -0.274. The topological polar surface area (TPSA) is 224 Å². The molecule has 3 aromatic heterocycles. The molecule has 0 aliphatic carbocycles. The van der Waals surface area contributed by atoms with E-state index in [1.54, 1.807) is 78.9 Å². The van der Waals surface area contributed by atoms with Gasteiger partial charge in [0.25, 0.3) is 0 Å². The van der Waals surface area contributed by atoms with Gasteiger partial charge in [0.2, 0.25) is 0 Å². The molecule has 0 saturated heterocycles. The number of carboxylic acid groups (broad SMARTS) is 3. The van der Waals surface area contributed by atoms with Gasteiger partial charge < -0.3 is 50.2 Å². The Morgan fingerprint density at radius 3 is 1.27 bits per heavy atom. The highest BCUT2D eigenvalue weighted by atomic mass is 19.4. The summed E-state index contributed by atoms with van der Waals surface area (Å²) in [5.74, 6) is -5.72. The number of nitrogens with one attached hydrogen (secondary N) is 3. The minimum absolute atomic E-state index is 0.0615. The highest BCUT2D eigenvalue weighted by Gasteiger charge is 2.33. The predicted molar refractivity (Wildman–Crippen MR) is 290 cm³/mol. The van der Waals surface area contributed by atoms with Gasteiger partial charge in [-0.2, -0.15) is 0 Å². The van der Waals surface area contributed by atoms with Crippen molar-refractivity contribution in [3.63, 3.8) is 0 Å². The number of aromatic carboxylic acids is 3. The Hall–Kier alpha value is -10.7. The molecule has 0 unspecified atom stereocenters. The number of hydrogen-bond acceptors (Lipinski definition) is 13. The Morgan fingerprint density at radius 1 is 0.463 bits per heavy atom. The number of alkyl halides is 3. The van der Waals surface area contributed by atoms with Crippen molar-refractivity contribution in [2.75, 3.05) is 36.8 Å². The van der Waals surface area contributed by atoms with Crippen LogP contribution in [0.1, 0.15) is 38.0 Å². The van der Waals surface area contributed by atoms with E-state index in [1.807, 2.05) is 6.92 Å². The zero-order valence-corrected chi connectivity index (χ0v) is 43.1. The summed E-state index contributed by atoms with van der Waals surface area (Å²) in [4.78, 5) is 45.4. The maximum atomic E-state index is 14.6. The van der Waals surface area contributed by atoms with Crippen molar-refractivity contribution >= 4 is 52.4 Å². The Morgan fingerprint density at radius 2 is 0.854 bits per heavy atom. The number of pyridine rings is 3. The molecule has 0 saturated carbocycles. The monoisotopic (exact) mass is 1130 g/mol. The normalized spacial score (nSPS) is 10.7. The molecule has 0 fully saturated rings. The molecule has 9 rings (SSSR count). The zero-order valence-electron chi connectivity index (χ0n) is 43.1. The van der Waals surface area contributed by atoms with Crippen LogP contribution in [0.25, 0.3) is 33.4 Å². The van der Waals surface area contributed by atoms with Crippen molar-refractivity contribution < 1.29 is 79.4 Å². The van der Waals surface area contributed by atoms with Crippen LogP contribution in [0.5, 0.6) is 23.0 Å².